The van der Waals surface area contributed by atoms with E-state index in [1.54, 1.807) is 4.90 Å². The van der Waals surface area contributed by atoms with Gasteiger partial charge in [-0.05, 0) is 55.8 Å². The van der Waals surface area contributed by atoms with Crippen molar-refractivity contribution in [1.82, 2.24) is 20.5 Å². The maximum atomic E-state index is 13.2. The van der Waals surface area contributed by atoms with Crippen molar-refractivity contribution in [3.05, 3.63) is 59.7 Å². The van der Waals surface area contributed by atoms with Gasteiger partial charge in [0.1, 0.15) is 11.6 Å². The molecule has 0 radical (unpaired) electrons. The highest BCUT2D eigenvalue weighted by atomic mass is 19.4. The van der Waals surface area contributed by atoms with E-state index in [-0.39, 0.29) is 30.9 Å². The van der Waals surface area contributed by atoms with Gasteiger partial charge in [-0.1, -0.05) is 12.1 Å². The van der Waals surface area contributed by atoms with Crippen molar-refractivity contribution in [2.75, 3.05) is 13.1 Å². The molecule has 178 valence electrons. The maximum absolute atomic E-state index is 13.2. The molecular formula is C21H25BF4N4O3. The first kappa shape index (κ1) is 24.8. The number of carbonyl (C=O) groups excluding carboxylic acids is 1. The molecule has 3 N–H and O–H groups in total. The average molecular weight is 468 g/mol. The summed E-state index contributed by atoms with van der Waals surface area (Å²) in [5.74, 6) is -0.619. The SMILES string of the molecule is BC(O)(Oc1ccc(CNC(=O)N(Cc2ccc(F)cn2)C2CCNCC2)cc1)C(F)(F)F. The Morgan fingerprint density at radius 2 is 1.88 bits per heavy atom. The van der Waals surface area contributed by atoms with Crippen LogP contribution in [0, 0.1) is 5.82 Å². The number of urea groups is 1. The number of carbonyl (C=O) groups is 1. The average Bonchev–Trinajstić information content (AvgIpc) is 2.77. The number of aliphatic hydroxyl groups is 1. The second-order valence-corrected chi connectivity index (χ2v) is 7.96. The highest BCUT2D eigenvalue weighted by Gasteiger charge is 2.52. The third-order valence-corrected chi connectivity index (χ3v) is 5.34. The summed E-state index contributed by atoms with van der Waals surface area (Å²) in [5.41, 5.74) is -2.12. The number of hydrogen-bond acceptors (Lipinski definition) is 5. The van der Waals surface area contributed by atoms with Crippen LogP contribution in [-0.4, -0.2) is 59.9 Å². The molecule has 1 fully saturated rings. The van der Waals surface area contributed by atoms with Gasteiger partial charge in [0.2, 0.25) is 7.85 Å². The van der Waals surface area contributed by atoms with E-state index >= 15 is 0 Å². The van der Waals surface area contributed by atoms with E-state index in [9.17, 15) is 27.5 Å². The predicted molar refractivity (Wildman–Crippen MR) is 114 cm³/mol. The third-order valence-electron chi connectivity index (χ3n) is 5.34. The van der Waals surface area contributed by atoms with E-state index in [1.165, 1.54) is 36.4 Å². The minimum Gasteiger partial charge on any atom is -0.462 e. The van der Waals surface area contributed by atoms with Crippen LogP contribution in [0.2, 0.25) is 0 Å². The zero-order chi connectivity index (χ0) is 24.1. The molecule has 2 amide bonds. The van der Waals surface area contributed by atoms with Crippen LogP contribution in [0.1, 0.15) is 24.1 Å². The molecule has 3 rings (SSSR count). The standard InChI is InChI=1S/C21H25BF4N4O3/c22-20(32,21(24,25)26)33-18-5-1-14(2-6-18)11-29-19(31)30(17-7-9-27-10-8-17)13-16-4-3-15(23)12-28-16/h1-6,12,17,27,32H,7-11,13,22H2,(H,29,31). The number of benzene rings is 1. The minimum atomic E-state index is -4.95. The van der Waals surface area contributed by atoms with Crippen molar-refractivity contribution in [1.29, 1.82) is 0 Å². The quantitative estimate of drug-likeness (QED) is 0.329. The number of ether oxygens (including phenoxy) is 1. The Bertz CT molecular complexity index is 921. The van der Waals surface area contributed by atoms with Crippen LogP contribution < -0.4 is 15.4 Å². The van der Waals surface area contributed by atoms with E-state index in [0.29, 0.717) is 19.1 Å². The molecule has 2 aromatic rings. The number of nitrogens with zero attached hydrogens (tertiary/aromatic N) is 2. The van der Waals surface area contributed by atoms with Gasteiger partial charge < -0.3 is 25.4 Å². The summed E-state index contributed by atoms with van der Waals surface area (Å²) in [5, 5.41) is 15.5. The van der Waals surface area contributed by atoms with Gasteiger partial charge in [-0.25, -0.2) is 9.18 Å². The Kier molecular flexibility index (Phi) is 7.80. The Balaban J connectivity index is 1.62. The van der Waals surface area contributed by atoms with E-state index in [4.69, 9.17) is 0 Å². The summed E-state index contributed by atoms with van der Waals surface area (Å²) in [6.07, 6.45) is -2.32. The first-order valence-electron chi connectivity index (χ1n) is 10.5. The van der Waals surface area contributed by atoms with Crippen LogP contribution in [0.25, 0.3) is 0 Å². The van der Waals surface area contributed by atoms with Gasteiger partial charge in [0, 0.05) is 12.6 Å². The molecule has 7 nitrogen and oxygen atoms in total. The number of pyridine rings is 1. The summed E-state index contributed by atoms with van der Waals surface area (Å²) in [4.78, 5) is 18.7. The molecule has 1 atom stereocenters. The molecule has 1 aliphatic heterocycles. The van der Waals surface area contributed by atoms with Gasteiger partial charge in [-0.2, -0.15) is 13.2 Å². The van der Waals surface area contributed by atoms with Crippen LogP contribution >= 0.6 is 0 Å². The lowest BCUT2D eigenvalue weighted by Gasteiger charge is -2.34. The summed E-state index contributed by atoms with van der Waals surface area (Å²) >= 11 is 0. The van der Waals surface area contributed by atoms with Crippen LogP contribution in [0.15, 0.2) is 42.6 Å². The molecule has 1 aliphatic rings. The molecule has 0 saturated carbocycles. The highest BCUT2D eigenvalue weighted by molar-refractivity contribution is 6.14. The number of rotatable bonds is 7. The molecular weight excluding hydrogens is 443 g/mol. The topological polar surface area (TPSA) is 86.7 Å². The largest absolute Gasteiger partial charge is 0.462 e. The second kappa shape index (κ2) is 10.4. The van der Waals surface area contributed by atoms with Gasteiger partial charge in [0.15, 0.2) is 0 Å². The molecule has 1 aromatic heterocycles. The van der Waals surface area contributed by atoms with Gasteiger partial charge in [0.25, 0.3) is 5.69 Å². The fourth-order valence-corrected chi connectivity index (χ4v) is 3.40. The zero-order valence-corrected chi connectivity index (χ0v) is 18.0. The van der Waals surface area contributed by atoms with Gasteiger partial charge >= 0.3 is 12.2 Å². The highest BCUT2D eigenvalue weighted by Crippen LogP contribution is 2.30. The number of hydrogen-bond donors (Lipinski definition) is 3. The van der Waals surface area contributed by atoms with Gasteiger partial charge in [-0.15, -0.1) is 0 Å². The molecule has 1 unspecified atom stereocenters. The normalized spacial score (nSPS) is 16.6. The Hall–Kier alpha value is -2.86. The fourth-order valence-electron chi connectivity index (χ4n) is 3.40. The van der Waals surface area contributed by atoms with E-state index in [2.05, 4.69) is 20.4 Å². The maximum Gasteiger partial charge on any atom is 0.444 e. The first-order valence-corrected chi connectivity index (χ1v) is 10.5. The van der Waals surface area contributed by atoms with Crippen molar-refractivity contribution in [3.8, 4) is 5.75 Å². The number of nitrogens with one attached hydrogen (secondary N) is 2. The molecule has 12 heteroatoms. The van der Waals surface area contributed by atoms with Gasteiger partial charge in [0.05, 0.1) is 18.4 Å². The van der Waals surface area contributed by atoms with Gasteiger partial charge in [-0.3, -0.25) is 4.98 Å². The number of piperidine rings is 1. The molecule has 0 bridgehead atoms. The molecule has 2 heterocycles. The van der Waals surface area contributed by atoms with E-state index in [1.807, 2.05) is 0 Å². The molecule has 33 heavy (non-hydrogen) atoms. The van der Waals surface area contributed by atoms with Crippen molar-refractivity contribution >= 4 is 13.9 Å². The molecule has 1 aromatic carbocycles. The van der Waals surface area contributed by atoms with E-state index < -0.39 is 17.7 Å². The van der Waals surface area contributed by atoms with Crippen molar-refractivity contribution < 1.29 is 32.2 Å². The minimum absolute atomic E-state index is 0.0153. The summed E-state index contributed by atoms with van der Waals surface area (Å²) in [7, 11) is 0.520. The predicted octanol–water partition coefficient (Wildman–Crippen LogP) is 1.90. The zero-order valence-electron chi connectivity index (χ0n) is 18.0. The summed E-state index contributed by atoms with van der Waals surface area (Å²) < 4.78 is 56.1. The lowest BCUT2D eigenvalue weighted by atomic mass is 9.94. The first-order chi connectivity index (χ1) is 15.5. The van der Waals surface area contributed by atoms with Crippen LogP contribution in [0.4, 0.5) is 22.4 Å². The lowest BCUT2D eigenvalue weighted by Crippen LogP contribution is -2.50. The lowest BCUT2D eigenvalue weighted by molar-refractivity contribution is -0.291. The summed E-state index contributed by atoms with van der Waals surface area (Å²) in [6.45, 7) is 1.89. The van der Waals surface area contributed by atoms with Crippen LogP contribution in [-0.2, 0) is 13.1 Å². The second-order valence-electron chi connectivity index (χ2n) is 7.96. The Labute approximate surface area is 189 Å². The Morgan fingerprint density at radius 1 is 1.21 bits per heavy atom. The molecule has 1 saturated heterocycles. The Morgan fingerprint density at radius 3 is 2.45 bits per heavy atom. The van der Waals surface area contributed by atoms with Crippen molar-refractivity contribution in [2.45, 2.75) is 43.8 Å². The summed E-state index contributed by atoms with van der Waals surface area (Å²) in [6, 6.07) is 8.05. The van der Waals surface area contributed by atoms with Crippen molar-refractivity contribution in [3.63, 3.8) is 0 Å². The molecule has 0 spiro atoms. The van der Waals surface area contributed by atoms with E-state index in [0.717, 1.165) is 32.1 Å². The number of amides is 2. The van der Waals surface area contributed by atoms with Crippen molar-refractivity contribution in [2.24, 2.45) is 0 Å². The van der Waals surface area contributed by atoms with Crippen LogP contribution in [0.5, 0.6) is 5.75 Å². The third kappa shape index (κ3) is 6.81. The number of alkyl halides is 3. The smallest absolute Gasteiger partial charge is 0.444 e. The number of aromatic nitrogens is 1. The number of halogens is 4. The fraction of sp³-hybridized carbons (Fsp3) is 0.429. The monoisotopic (exact) mass is 468 g/mol. The molecule has 0 aliphatic carbocycles. The van der Waals surface area contributed by atoms with Crippen LogP contribution in [0.3, 0.4) is 0 Å².